The van der Waals surface area contributed by atoms with Gasteiger partial charge in [0.05, 0.1) is 7.11 Å². The molecule has 0 amide bonds. The van der Waals surface area contributed by atoms with Gasteiger partial charge in [-0.15, -0.1) is 0 Å². The van der Waals surface area contributed by atoms with E-state index in [1.165, 1.54) is 64.5 Å². The lowest BCUT2D eigenvalue weighted by molar-refractivity contribution is 0.156. The minimum Gasteiger partial charge on any atom is -0.494 e. The predicted molar refractivity (Wildman–Crippen MR) is 98.0 cm³/mol. The third kappa shape index (κ3) is 4.35. The van der Waals surface area contributed by atoms with Crippen LogP contribution in [0, 0.1) is 29.4 Å². The van der Waals surface area contributed by atoms with Crippen LogP contribution in [0.1, 0.15) is 82.6 Å². The summed E-state index contributed by atoms with van der Waals surface area (Å²) in [6.45, 7) is 2.29. The molecule has 0 aromatic heterocycles. The van der Waals surface area contributed by atoms with Crippen LogP contribution < -0.4 is 4.74 Å². The second-order valence-corrected chi connectivity index (χ2v) is 8.20. The van der Waals surface area contributed by atoms with Crippen molar-refractivity contribution in [2.75, 3.05) is 7.11 Å². The van der Waals surface area contributed by atoms with Crippen LogP contribution >= 0.6 is 0 Å². The zero-order valence-electron chi connectivity index (χ0n) is 15.7. The van der Waals surface area contributed by atoms with Gasteiger partial charge in [0, 0.05) is 0 Å². The van der Waals surface area contributed by atoms with Crippen LogP contribution in [0.5, 0.6) is 5.75 Å². The zero-order valence-corrected chi connectivity index (χ0v) is 15.7. The standard InChI is InChI=1S/C22H32F2O/c1-3-4-15-5-7-16(8-6-15)17-9-11-18(12-10-17)19-13-20(23)22(24)21(14-19)25-2/h13-18H,3-12H2,1-2H3. The molecule has 0 aliphatic heterocycles. The number of rotatable bonds is 5. The quantitative estimate of drug-likeness (QED) is 0.564. The van der Waals surface area contributed by atoms with Crippen molar-refractivity contribution in [3.05, 3.63) is 29.3 Å². The number of benzene rings is 1. The second kappa shape index (κ2) is 8.51. The average molecular weight is 350 g/mol. The molecule has 0 unspecified atom stereocenters. The molecule has 3 heteroatoms. The molecule has 3 rings (SSSR count). The Kier molecular flexibility index (Phi) is 6.35. The van der Waals surface area contributed by atoms with Crippen LogP contribution in [0.25, 0.3) is 0 Å². The number of hydrogen-bond acceptors (Lipinski definition) is 1. The number of halogens is 2. The van der Waals surface area contributed by atoms with E-state index in [0.717, 1.165) is 36.2 Å². The van der Waals surface area contributed by atoms with E-state index >= 15 is 0 Å². The number of hydrogen-bond donors (Lipinski definition) is 0. The van der Waals surface area contributed by atoms with Crippen LogP contribution in [-0.4, -0.2) is 7.11 Å². The summed E-state index contributed by atoms with van der Waals surface area (Å²) in [5.41, 5.74) is 0.904. The highest BCUT2D eigenvalue weighted by Crippen LogP contribution is 2.45. The molecule has 0 bridgehead atoms. The molecule has 1 aromatic rings. The molecule has 0 N–H and O–H groups in total. The summed E-state index contributed by atoms with van der Waals surface area (Å²) >= 11 is 0. The number of methoxy groups -OCH3 is 1. The summed E-state index contributed by atoms with van der Waals surface area (Å²) in [6.07, 6.45) is 13.0. The smallest absolute Gasteiger partial charge is 0.200 e. The highest BCUT2D eigenvalue weighted by molar-refractivity contribution is 5.33. The Hall–Kier alpha value is -1.12. The normalized spacial score (nSPS) is 30.2. The zero-order chi connectivity index (χ0) is 17.8. The van der Waals surface area contributed by atoms with Crippen LogP contribution in [0.15, 0.2) is 12.1 Å². The van der Waals surface area contributed by atoms with Crippen molar-refractivity contribution in [1.82, 2.24) is 0 Å². The maximum absolute atomic E-state index is 13.8. The first kappa shape index (κ1) is 18.7. The summed E-state index contributed by atoms with van der Waals surface area (Å²) in [5.74, 6) is 1.42. The maximum atomic E-state index is 13.8. The van der Waals surface area contributed by atoms with Crippen molar-refractivity contribution in [1.29, 1.82) is 0 Å². The predicted octanol–water partition coefficient (Wildman–Crippen LogP) is 6.85. The first-order chi connectivity index (χ1) is 12.1. The van der Waals surface area contributed by atoms with Crippen molar-refractivity contribution >= 4 is 0 Å². The van der Waals surface area contributed by atoms with Crippen molar-refractivity contribution < 1.29 is 13.5 Å². The summed E-state index contributed by atoms with van der Waals surface area (Å²) in [4.78, 5) is 0. The van der Waals surface area contributed by atoms with Crippen molar-refractivity contribution in [2.24, 2.45) is 17.8 Å². The molecule has 2 aliphatic carbocycles. The Bertz CT molecular complexity index is 555. The largest absolute Gasteiger partial charge is 0.494 e. The summed E-state index contributed by atoms with van der Waals surface area (Å²) < 4.78 is 32.4. The van der Waals surface area contributed by atoms with Crippen LogP contribution in [0.3, 0.4) is 0 Å². The lowest BCUT2D eigenvalue weighted by Crippen LogP contribution is -2.25. The minimum atomic E-state index is -0.872. The molecular weight excluding hydrogens is 318 g/mol. The summed E-state index contributed by atoms with van der Waals surface area (Å²) in [5, 5.41) is 0. The first-order valence-electron chi connectivity index (χ1n) is 10.1. The van der Waals surface area contributed by atoms with Crippen LogP contribution in [0.4, 0.5) is 8.78 Å². The van der Waals surface area contributed by atoms with E-state index in [-0.39, 0.29) is 5.75 Å². The third-order valence-corrected chi connectivity index (χ3v) is 6.74. The highest BCUT2D eigenvalue weighted by Gasteiger charge is 2.31. The van der Waals surface area contributed by atoms with E-state index in [2.05, 4.69) is 6.92 Å². The third-order valence-electron chi connectivity index (χ3n) is 6.74. The molecule has 0 saturated heterocycles. The SMILES string of the molecule is CCCC1CCC(C2CCC(c3cc(F)c(F)c(OC)c3)CC2)CC1. The van der Waals surface area contributed by atoms with Crippen molar-refractivity contribution in [3.8, 4) is 5.75 Å². The van der Waals surface area contributed by atoms with Gasteiger partial charge in [-0.25, -0.2) is 4.39 Å². The Morgan fingerprint density at radius 1 is 0.920 bits per heavy atom. The Balaban J connectivity index is 1.55. The lowest BCUT2D eigenvalue weighted by atomic mass is 9.68. The Morgan fingerprint density at radius 2 is 1.52 bits per heavy atom. The molecule has 0 atom stereocenters. The number of ether oxygens (including phenoxy) is 1. The molecule has 1 nitrogen and oxygen atoms in total. The van der Waals surface area contributed by atoms with Gasteiger partial charge in [0.1, 0.15) is 0 Å². The highest BCUT2D eigenvalue weighted by atomic mass is 19.2. The van der Waals surface area contributed by atoms with Gasteiger partial charge in [0.2, 0.25) is 5.82 Å². The van der Waals surface area contributed by atoms with Gasteiger partial charge < -0.3 is 4.74 Å². The molecule has 2 fully saturated rings. The topological polar surface area (TPSA) is 9.23 Å². The molecule has 2 aliphatic rings. The molecule has 1 aromatic carbocycles. The first-order valence-corrected chi connectivity index (χ1v) is 10.1. The fourth-order valence-electron chi connectivity index (χ4n) is 5.25. The molecule has 0 heterocycles. The Morgan fingerprint density at radius 3 is 2.08 bits per heavy atom. The van der Waals surface area contributed by atoms with E-state index in [9.17, 15) is 8.78 Å². The van der Waals surface area contributed by atoms with Gasteiger partial charge in [0.25, 0.3) is 0 Å². The van der Waals surface area contributed by atoms with Crippen LogP contribution in [-0.2, 0) is 0 Å². The van der Waals surface area contributed by atoms with Crippen LogP contribution in [0.2, 0.25) is 0 Å². The second-order valence-electron chi connectivity index (χ2n) is 8.20. The molecule has 0 radical (unpaired) electrons. The molecule has 25 heavy (non-hydrogen) atoms. The molecule has 140 valence electrons. The van der Waals surface area contributed by atoms with Gasteiger partial charge in [-0.3, -0.25) is 0 Å². The summed E-state index contributed by atoms with van der Waals surface area (Å²) in [7, 11) is 1.40. The maximum Gasteiger partial charge on any atom is 0.200 e. The van der Waals surface area contributed by atoms with E-state index in [0.29, 0.717) is 5.92 Å². The van der Waals surface area contributed by atoms with Gasteiger partial charge in [-0.2, -0.15) is 4.39 Å². The van der Waals surface area contributed by atoms with E-state index in [1.54, 1.807) is 6.07 Å². The lowest BCUT2D eigenvalue weighted by Gasteiger charge is -2.38. The van der Waals surface area contributed by atoms with E-state index in [1.807, 2.05) is 0 Å². The van der Waals surface area contributed by atoms with Crippen molar-refractivity contribution in [3.63, 3.8) is 0 Å². The van der Waals surface area contributed by atoms with E-state index < -0.39 is 11.6 Å². The molecule has 0 spiro atoms. The van der Waals surface area contributed by atoms with Gasteiger partial charge in [0.15, 0.2) is 11.6 Å². The van der Waals surface area contributed by atoms with Gasteiger partial charge in [-0.05, 0) is 79.9 Å². The minimum absolute atomic E-state index is 0.0337. The summed E-state index contributed by atoms with van der Waals surface area (Å²) in [6, 6.07) is 3.07. The van der Waals surface area contributed by atoms with E-state index in [4.69, 9.17) is 4.74 Å². The average Bonchev–Trinajstić information content (AvgIpc) is 2.65. The fraction of sp³-hybridized carbons (Fsp3) is 0.727. The van der Waals surface area contributed by atoms with Gasteiger partial charge >= 0.3 is 0 Å². The Labute approximate surface area is 151 Å². The molecule has 2 saturated carbocycles. The fourth-order valence-corrected chi connectivity index (χ4v) is 5.25. The molecular formula is C22H32F2O. The monoisotopic (exact) mass is 350 g/mol. The van der Waals surface area contributed by atoms with Gasteiger partial charge in [-0.1, -0.05) is 32.6 Å². The van der Waals surface area contributed by atoms with Crippen molar-refractivity contribution in [2.45, 2.75) is 77.0 Å².